The summed E-state index contributed by atoms with van der Waals surface area (Å²) in [5.74, 6) is 1.47. The molecule has 0 aliphatic carbocycles. The van der Waals surface area contributed by atoms with Crippen molar-refractivity contribution in [3.63, 3.8) is 0 Å². The Balaban J connectivity index is 1.96. The maximum atomic E-state index is 10.1. The zero-order chi connectivity index (χ0) is 14.4. The monoisotopic (exact) mass is 273 g/mol. The first-order chi connectivity index (χ1) is 9.70. The molecule has 2 N–H and O–H groups in total. The second kappa shape index (κ2) is 6.86. The fraction of sp³-hybridized carbons (Fsp3) is 0.333. The molecule has 2 aromatic rings. The van der Waals surface area contributed by atoms with E-state index in [0.717, 1.165) is 17.1 Å². The van der Waals surface area contributed by atoms with Crippen molar-refractivity contribution >= 4 is 0 Å². The number of aryl methyl sites for hydroxylation is 1. The molecule has 0 atom stereocenters. The highest BCUT2D eigenvalue weighted by atomic mass is 16.5. The molecule has 1 heterocycles. The average Bonchev–Trinajstić information content (AvgIpc) is 2.43. The van der Waals surface area contributed by atoms with E-state index in [2.05, 4.69) is 15.3 Å². The van der Waals surface area contributed by atoms with Crippen molar-refractivity contribution in [1.29, 1.82) is 0 Å². The standard InChI is InChI=1S/C15H19N3O2/c1-3-20-14-6-4-5-12(15(14)19)9-16-10-13-7-8-17-11(2)18-13/h4-8,16,19H,3,9-10H2,1-2H3. The van der Waals surface area contributed by atoms with Gasteiger partial charge in [0.1, 0.15) is 5.82 Å². The normalized spacial score (nSPS) is 10.5. The summed E-state index contributed by atoms with van der Waals surface area (Å²) in [5.41, 5.74) is 1.74. The van der Waals surface area contributed by atoms with E-state index in [-0.39, 0.29) is 5.75 Å². The molecule has 0 aliphatic rings. The number of phenols is 1. The van der Waals surface area contributed by atoms with Gasteiger partial charge in [-0.05, 0) is 26.0 Å². The van der Waals surface area contributed by atoms with Crippen molar-refractivity contribution < 1.29 is 9.84 Å². The van der Waals surface area contributed by atoms with Crippen molar-refractivity contribution in [2.24, 2.45) is 0 Å². The van der Waals surface area contributed by atoms with Gasteiger partial charge in [-0.15, -0.1) is 0 Å². The second-order valence-corrected chi connectivity index (χ2v) is 4.40. The van der Waals surface area contributed by atoms with E-state index in [1.54, 1.807) is 12.3 Å². The molecule has 1 aromatic carbocycles. The summed E-state index contributed by atoms with van der Waals surface area (Å²) in [4.78, 5) is 8.37. The van der Waals surface area contributed by atoms with Crippen LogP contribution in [0, 0.1) is 6.92 Å². The Morgan fingerprint density at radius 1 is 1.25 bits per heavy atom. The van der Waals surface area contributed by atoms with E-state index in [9.17, 15) is 5.11 Å². The van der Waals surface area contributed by atoms with Gasteiger partial charge in [-0.1, -0.05) is 12.1 Å². The van der Waals surface area contributed by atoms with Crippen LogP contribution in [0.1, 0.15) is 24.0 Å². The van der Waals surface area contributed by atoms with Crippen LogP contribution in [0.25, 0.3) is 0 Å². The summed E-state index contributed by atoms with van der Waals surface area (Å²) in [7, 11) is 0. The van der Waals surface area contributed by atoms with Crippen molar-refractivity contribution in [3.05, 3.63) is 47.5 Å². The van der Waals surface area contributed by atoms with Gasteiger partial charge in [-0.3, -0.25) is 0 Å². The smallest absolute Gasteiger partial charge is 0.162 e. The van der Waals surface area contributed by atoms with Gasteiger partial charge >= 0.3 is 0 Å². The molecule has 0 radical (unpaired) electrons. The molecule has 1 aromatic heterocycles. The molecule has 0 aliphatic heterocycles. The van der Waals surface area contributed by atoms with Crippen LogP contribution >= 0.6 is 0 Å². The molecule has 106 valence electrons. The fourth-order valence-electron chi connectivity index (χ4n) is 1.91. The van der Waals surface area contributed by atoms with E-state index in [4.69, 9.17) is 4.74 Å². The van der Waals surface area contributed by atoms with Gasteiger partial charge in [0.15, 0.2) is 11.5 Å². The lowest BCUT2D eigenvalue weighted by Gasteiger charge is -2.10. The molecular formula is C15H19N3O2. The third-order valence-corrected chi connectivity index (χ3v) is 2.84. The number of nitrogens with zero attached hydrogens (tertiary/aromatic N) is 2. The van der Waals surface area contributed by atoms with Crippen LogP contribution < -0.4 is 10.1 Å². The van der Waals surface area contributed by atoms with Crippen LogP contribution in [0.2, 0.25) is 0 Å². The Hall–Kier alpha value is -2.14. The Labute approximate surface area is 118 Å². The molecule has 5 heteroatoms. The number of ether oxygens (including phenoxy) is 1. The number of phenolic OH excluding ortho intramolecular Hbond substituents is 1. The van der Waals surface area contributed by atoms with Crippen molar-refractivity contribution in [1.82, 2.24) is 15.3 Å². The van der Waals surface area contributed by atoms with Gasteiger partial charge in [0.2, 0.25) is 0 Å². The summed E-state index contributed by atoms with van der Waals surface area (Å²) in [5, 5.41) is 13.3. The molecule has 0 fully saturated rings. The van der Waals surface area contributed by atoms with Gasteiger partial charge in [0.05, 0.1) is 12.3 Å². The summed E-state index contributed by atoms with van der Waals surface area (Å²) >= 11 is 0. The van der Waals surface area contributed by atoms with Gasteiger partial charge in [0.25, 0.3) is 0 Å². The minimum atomic E-state index is 0.195. The number of rotatable bonds is 6. The Kier molecular flexibility index (Phi) is 4.90. The largest absolute Gasteiger partial charge is 0.504 e. The maximum absolute atomic E-state index is 10.1. The van der Waals surface area contributed by atoms with Crippen LogP contribution in [-0.4, -0.2) is 21.7 Å². The van der Waals surface area contributed by atoms with Crippen molar-refractivity contribution in [2.75, 3.05) is 6.61 Å². The number of aromatic hydroxyl groups is 1. The maximum Gasteiger partial charge on any atom is 0.162 e. The van der Waals surface area contributed by atoms with Crippen LogP contribution in [0.5, 0.6) is 11.5 Å². The Morgan fingerprint density at radius 2 is 2.10 bits per heavy atom. The van der Waals surface area contributed by atoms with E-state index in [1.807, 2.05) is 32.0 Å². The summed E-state index contributed by atoms with van der Waals surface area (Å²) in [6, 6.07) is 7.37. The number of nitrogens with one attached hydrogen (secondary N) is 1. The predicted molar refractivity (Wildman–Crippen MR) is 76.6 cm³/mol. The first kappa shape index (κ1) is 14.3. The van der Waals surface area contributed by atoms with Gasteiger partial charge < -0.3 is 15.2 Å². The third-order valence-electron chi connectivity index (χ3n) is 2.84. The first-order valence-electron chi connectivity index (χ1n) is 6.63. The van der Waals surface area contributed by atoms with Crippen LogP contribution in [0.15, 0.2) is 30.5 Å². The third kappa shape index (κ3) is 3.68. The van der Waals surface area contributed by atoms with Crippen LogP contribution in [0.3, 0.4) is 0 Å². The fourth-order valence-corrected chi connectivity index (χ4v) is 1.91. The summed E-state index contributed by atoms with van der Waals surface area (Å²) in [6.45, 7) is 5.46. The van der Waals surface area contributed by atoms with Crippen molar-refractivity contribution in [3.8, 4) is 11.5 Å². The molecule has 0 unspecified atom stereocenters. The quantitative estimate of drug-likeness (QED) is 0.844. The minimum Gasteiger partial charge on any atom is -0.504 e. The number of aromatic nitrogens is 2. The molecule has 0 bridgehead atoms. The highest BCUT2D eigenvalue weighted by Crippen LogP contribution is 2.29. The number of benzene rings is 1. The lowest BCUT2D eigenvalue weighted by molar-refractivity contribution is 0.316. The SMILES string of the molecule is CCOc1cccc(CNCc2ccnc(C)n2)c1O. The molecule has 0 saturated carbocycles. The summed E-state index contributed by atoms with van der Waals surface area (Å²) in [6.07, 6.45) is 1.74. The van der Waals surface area contributed by atoms with Gasteiger partial charge in [-0.25, -0.2) is 9.97 Å². The lowest BCUT2D eigenvalue weighted by Crippen LogP contribution is -2.14. The van der Waals surface area contributed by atoms with Crippen LogP contribution in [-0.2, 0) is 13.1 Å². The Morgan fingerprint density at radius 3 is 2.85 bits per heavy atom. The van der Waals surface area contributed by atoms with E-state index in [1.165, 1.54) is 0 Å². The highest BCUT2D eigenvalue weighted by molar-refractivity contribution is 5.45. The molecule has 0 spiro atoms. The number of para-hydroxylation sites is 1. The van der Waals surface area contributed by atoms with E-state index in [0.29, 0.717) is 25.4 Å². The summed E-state index contributed by atoms with van der Waals surface area (Å²) < 4.78 is 5.36. The second-order valence-electron chi connectivity index (χ2n) is 4.40. The molecule has 0 saturated heterocycles. The van der Waals surface area contributed by atoms with E-state index < -0.39 is 0 Å². The zero-order valence-electron chi connectivity index (χ0n) is 11.8. The van der Waals surface area contributed by atoms with E-state index >= 15 is 0 Å². The van der Waals surface area contributed by atoms with Crippen LogP contribution in [0.4, 0.5) is 0 Å². The molecule has 2 rings (SSSR count). The molecular weight excluding hydrogens is 254 g/mol. The van der Waals surface area contributed by atoms with Gasteiger partial charge in [-0.2, -0.15) is 0 Å². The lowest BCUT2D eigenvalue weighted by atomic mass is 10.2. The molecule has 0 amide bonds. The molecule has 5 nitrogen and oxygen atoms in total. The topological polar surface area (TPSA) is 67.3 Å². The minimum absolute atomic E-state index is 0.195. The van der Waals surface area contributed by atoms with Crippen molar-refractivity contribution in [2.45, 2.75) is 26.9 Å². The first-order valence-corrected chi connectivity index (χ1v) is 6.63. The average molecular weight is 273 g/mol. The zero-order valence-corrected chi connectivity index (χ0v) is 11.8. The number of hydrogen-bond acceptors (Lipinski definition) is 5. The van der Waals surface area contributed by atoms with Gasteiger partial charge in [0, 0.05) is 24.8 Å². The Bertz CT molecular complexity index is 573. The predicted octanol–water partition coefficient (Wildman–Crippen LogP) is 2.18. The molecule has 20 heavy (non-hydrogen) atoms. The highest BCUT2D eigenvalue weighted by Gasteiger charge is 2.07. The number of hydrogen-bond donors (Lipinski definition) is 2.